The van der Waals surface area contributed by atoms with Gasteiger partial charge >= 0.3 is 0 Å². The number of thioether (sulfide) groups is 1. The van der Waals surface area contributed by atoms with E-state index in [1.807, 2.05) is 36.2 Å². The van der Waals surface area contributed by atoms with Gasteiger partial charge in [-0.1, -0.05) is 42.5 Å². The van der Waals surface area contributed by atoms with Crippen LogP contribution in [0, 0.1) is 5.82 Å². The number of halogens is 1. The lowest BCUT2D eigenvalue weighted by Crippen LogP contribution is -2.11. The van der Waals surface area contributed by atoms with Crippen LogP contribution in [-0.2, 0) is 17.0 Å². The fourth-order valence-electron chi connectivity index (χ4n) is 3.06. The van der Waals surface area contributed by atoms with Gasteiger partial charge in [-0.2, -0.15) is 11.8 Å². The lowest BCUT2D eigenvalue weighted by molar-refractivity contribution is 0.323. The number of rotatable bonds is 7. The maximum Gasteiger partial charge on any atom is 0.233 e. The summed E-state index contributed by atoms with van der Waals surface area (Å²) in [6.07, 6.45) is 2.00. The Balaban J connectivity index is 1.37. The zero-order valence-corrected chi connectivity index (χ0v) is 15.7. The highest BCUT2D eigenvalue weighted by Crippen LogP contribution is 2.20. The molecule has 0 aliphatic carbocycles. The van der Waals surface area contributed by atoms with E-state index >= 15 is 0 Å². The predicted molar refractivity (Wildman–Crippen MR) is 109 cm³/mol. The third-order valence-electron chi connectivity index (χ3n) is 4.45. The van der Waals surface area contributed by atoms with Crippen molar-refractivity contribution < 1.29 is 9.13 Å². The second kappa shape index (κ2) is 8.44. The van der Waals surface area contributed by atoms with Gasteiger partial charge in [0.05, 0.1) is 6.04 Å². The Kier molecular flexibility index (Phi) is 5.58. The number of aromatic nitrogens is 1. The summed E-state index contributed by atoms with van der Waals surface area (Å²) in [6.45, 7) is 1.29. The van der Waals surface area contributed by atoms with E-state index in [9.17, 15) is 4.39 Å². The molecule has 138 valence electrons. The second-order valence-corrected chi connectivity index (χ2v) is 7.58. The third kappa shape index (κ3) is 4.61. The molecule has 1 aromatic heterocycles. The Labute approximate surface area is 162 Å². The van der Waals surface area contributed by atoms with Crippen molar-refractivity contribution in [1.29, 1.82) is 0 Å². The topological polar surface area (TPSA) is 26.5 Å². The van der Waals surface area contributed by atoms with Crippen LogP contribution in [0.1, 0.15) is 16.8 Å². The molecule has 1 aliphatic rings. The minimum Gasteiger partial charge on any atom is -0.474 e. The van der Waals surface area contributed by atoms with Crippen LogP contribution in [-0.4, -0.2) is 28.9 Å². The zero-order valence-electron chi connectivity index (χ0n) is 14.9. The summed E-state index contributed by atoms with van der Waals surface area (Å²) >= 11 is 1.88. The van der Waals surface area contributed by atoms with E-state index in [2.05, 4.69) is 28.8 Å². The predicted octanol–water partition coefficient (Wildman–Crippen LogP) is 4.75. The lowest BCUT2D eigenvalue weighted by atomic mass is 10.2. The van der Waals surface area contributed by atoms with E-state index in [4.69, 9.17) is 9.73 Å². The average Bonchev–Trinajstić information content (AvgIpc) is 3.34. The third-order valence-corrected chi connectivity index (χ3v) is 5.61. The van der Waals surface area contributed by atoms with E-state index in [0.29, 0.717) is 19.0 Å². The van der Waals surface area contributed by atoms with Crippen molar-refractivity contribution in [3.63, 3.8) is 0 Å². The van der Waals surface area contributed by atoms with Crippen molar-refractivity contribution in [1.82, 2.24) is 4.57 Å². The van der Waals surface area contributed by atoms with Gasteiger partial charge in [0.15, 0.2) is 0 Å². The van der Waals surface area contributed by atoms with Gasteiger partial charge in [-0.05, 0) is 35.4 Å². The van der Waals surface area contributed by atoms with E-state index in [1.165, 1.54) is 17.7 Å². The van der Waals surface area contributed by atoms with E-state index < -0.39 is 0 Å². The summed E-state index contributed by atoms with van der Waals surface area (Å²) in [7, 11) is 0. The number of hydrogen-bond acceptors (Lipinski definition) is 3. The van der Waals surface area contributed by atoms with Gasteiger partial charge in [0.1, 0.15) is 18.1 Å². The van der Waals surface area contributed by atoms with Crippen LogP contribution in [0.5, 0.6) is 0 Å². The molecule has 0 radical (unpaired) electrons. The van der Waals surface area contributed by atoms with Crippen molar-refractivity contribution in [2.75, 3.05) is 12.4 Å². The Morgan fingerprint density at radius 2 is 1.81 bits per heavy atom. The van der Waals surface area contributed by atoms with Crippen molar-refractivity contribution in [2.45, 2.75) is 18.3 Å². The normalized spacial score (nSPS) is 16.2. The second-order valence-electron chi connectivity index (χ2n) is 6.55. The quantitative estimate of drug-likeness (QED) is 0.591. The van der Waals surface area contributed by atoms with Crippen LogP contribution in [0.4, 0.5) is 4.39 Å². The summed E-state index contributed by atoms with van der Waals surface area (Å²) in [4.78, 5) is 4.77. The molecule has 3 nitrogen and oxygen atoms in total. The lowest BCUT2D eigenvalue weighted by Gasteiger charge is -2.09. The van der Waals surface area contributed by atoms with Crippen LogP contribution in [0.25, 0.3) is 0 Å². The van der Waals surface area contributed by atoms with Gasteiger partial charge in [0.25, 0.3) is 0 Å². The standard InChI is InChI=1S/C22H21FN2OS/c23-19-10-8-17(9-11-19)13-25-12-4-7-21(25)22-24-20(14-26-22)16-27-15-18-5-2-1-3-6-18/h1-12,20H,13-16H2/t20-/m1/s1. The molecule has 0 spiro atoms. The average molecular weight is 380 g/mol. The highest BCUT2D eigenvalue weighted by atomic mass is 32.2. The van der Waals surface area contributed by atoms with E-state index in [1.54, 1.807) is 12.1 Å². The summed E-state index contributed by atoms with van der Waals surface area (Å²) in [6, 6.07) is 21.2. The maximum atomic E-state index is 13.1. The van der Waals surface area contributed by atoms with Crippen LogP contribution >= 0.6 is 11.8 Å². The zero-order chi connectivity index (χ0) is 18.5. The number of nitrogens with zero attached hydrogens (tertiary/aromatic N) is 2. The van der Waals surface area contributed by atoms with E-state index in [-0.39, 0.29) is 11.9 Å². The Morgan fingerprint density at radius 1 is 1.00 bits per heavy atom. The molecule has 0 amide bonds. The molecule has 2 aromatic carbocycles. The first kappa shape index (κ1) is 17.9. The van der Waals surface area contributed by atoms with Gasteiger partial charge in [-0.15, -0.1) is 0 Å². The maximum absolute atomic E-state index is 13.1. The SMILES string of the molecule is Fc1ccc(Cn2cccc2C2=N[C@@H](CSCc3ccccc3)CO2)cc1. The first-order valence-corrected chi connectivity index (χ1v) is 10.2. The first-order chi connectivity index (χ1) is 13.3. The van der Waals surface area contributed by atoms with Crippen molar-refractivity contribution >= 4 is 17.7 Å². The molecule has 1 atom stereocenters. The molecule has 0 saturated carbocycles. The molecule has 0 saturated heterocycles. The highest BCUT2D eigenvalue weighted by Gasteiger charge is 2.22. The summed E-state index contributed by atoms with van der Waals surface area (Å²) < 4.78 is 21.1. The van der Waals surface area contributed by atoms with Gasteiger partial charge in [-0.3, -0.25) is 0 Å². The smallest absolute Gasteiger partial charge is 0.233 e. The molecular formula is C22H21FN2OS. The Hall–Kier alpha value is -2.53. The molecule has 4 rings (SSSR count). The number of hydrogen-bond donors (Lipinski definition) is 0. The molecule has 0 fully saturated rings. The van der Waals surface area contributed by atoms with Gasteiger partial charge in [-0.25, -0.2) is 9.38 Å². The summed E-state index contributed by atoms with van der Waals surface area (Å²) in [5, 5.41) is 0. The molecular weight excluding hydrogens is 359 g/mol. The van der Waals surface area contributed by atoms with Gasteiger partial charge in [0, 0.05) is 24.2 Å². The van der Waals surface area contributed by atoms with Crippen LogP contribution in [0.15, 0.2) is 77.9 Å². The van der Waals surface area contributed by atoms with Crippen LogP contribution in [0.3, 0.4) is 0 Å². The summed E-state index contributed by atoms with van der Waals surface area (Å²) in [5.74, 6) is 2.42. The Bertz CT molecular complexity index is 906. The van der Waals surface area contributed by atoms with Crippen LogP contribution in [0.2, 0.25) is 0 Å². The van der Waals surface area contributed by atoms with Crippen molar-refractivity contribution in [3.8, 4) is 0 Å². The summed E-state index contributed by atoms with van der Waals surface area (Å²) in [5.41, 5.74) is 3.34. The largest absolute Gasteiger partial charge is 0.474 e. The molecule has 2 heterocycles. The van der Waals surface area contributed by atoms with Gasteiger partial charge < -0.3 is 9.30 Å². The van der Waals surface area contributed by atoms with Gasteiger partial charge in [0.2, 0.25) is 5.90 Å². The number of aliphatic imine (C=N–C) groups is 1. The van der Waals surface area contributed by atoms with Crippen molar-refractivity contribution in [2.24, 2.45) is 4.99 Å². The molecule has 5 heteroatoms. The number of ether oxygens (including phenoxy) is 1. The fraction of sp³-hybridized carbons (Fsp3) is 0.227. The first-order valence-electron chi connectivity index (χ1n) is 9.00. The monoisotopic (exact) mass is 380 g/mol. The minimum atomic E-state index is -0.217. The minimum absolute atomic E-state index is 0.183. The molecule has 3 aromatic rings. The van der Waals surface area contributed by atoms with Crippen molar-refractivity contribution in [3.05, 3.63) is 95.6 Å². The molecule has 0 unspecified atom stereocenters. The Morgan fingerprint density at radius 3 is 2.63 bits per heavy atom. The molecule has 1 aliphatic heterocycles. The molecule has 0 N–H and O–H groups in total. The van der Waals surface area contributed by atoms with Crippen LogP contribution < -0.4 is 0 Å². The highest BCUT2D eigenvalue weighted by molar-refractivity contribution is 7.98. The molecule has 0 bridgehead atoms. The number of benzene rings is 2. The van der Waals surface area contributed by atoms with E-state index in [0.717, 1.165) is 22.8 Å². The fourth-order valence-corrected chi connectivity index (χ4v) is 4.05. The molecule has 27 heavy (non-hydrogen) atoms.